The molecule has 21 heavy (non-hydrogen) atoms. The third kappa shape index (κ3) is 3.46. The van der Waals surface area contributed by atoms with Gasteiger partial charge in [-0.3, -0.25) is 4.79 Å². The van der Waals surface area contributed by atoms with Gasteiger partial charge < -0.3 is 5.11 Å². The first kappa shape index (κ1) is 16.0. The number of benzene rings is 1. The zero-order chi connectivity index (χ0) is 15.8. The standard InChI is InChI=1S/C16H22O4S/c1-16(2,15(17)18)10-11-8-12-6-4-5-7-13(12)14(9-11)21(3,19)20/h4-7,11,14H,8-10H2,1-3H3,(H,17,18)/t11-,14?/m1/s1. The normalized spacial score (nSPS) is 22.6. The Morgan fingerprint density at radius 2 is 1.95 bits per heavy atom. The van der Waals surface area contributed by atoms with E-state index in [1.54, 1.807) is 13.8 Å². The largest absolute Gasteiger partial charge is 0.481 e. The summed E-state index contributed by atoms with van der Waals surface area (Å²) < 4.78 is 24.2. The number of hydrogen-bond donors (Lipinski definition) is 1. The Morgan fingerprint density at radius 3 is 2.52 bits per heavy atom. The van der Waals surface area contributed by atoms with E-state index < -0.39 is 26.5 Å². The number of sulfone groups is 1. The molecular formula is C16H22O4S. The fourth-order valence-corrected chi connectivity index (χ4v) is 4.54. The first-order valence-corrected chi connectivity index (χ1v) is 9.07. The molecule has 116 valence electrons. The minimum atomic E-state index is -3.20. The Hall–Kier alpha value is -1.36. The maximum atomic E-state index is 12.1. The maximum absolute atomic E-state index is 12.1. The van der Waals surface area contributed by atoms with Crippen LogP contribution >= 0.6 is 0 Å². The molecule has 1 aliphatic rings. The summed E-state index contributed by atoms with van der Waals surface area (Å²) in [6.45, 7) is 3.40. The van der Waals surface area contributed by atoms with Crippen LogP contribution in [0.25, 0.3) is 0 Å². The third-order valence-corrected chi connectivity index (χ3v) is 5.83. The van der Waals surface area contributed by atoms with Crippen molar-refractivity contribution >= 4 is 15.8 Å². The van der Waals surface area contributed by atoms with Gasteiger partial charge in [0, 0.05) is 6.26 Å². The minimum Gasteiger partial charge on any atom is -0.481 e. The van der Waals surface area contributed by atoms with Crippen LogP contribution in [0, 0.1) is 11.3 Å². The van der Waals surface area contributed by atoms with Crippen LogP contribution in [0.15, 0.2) is 24.3 Å². The number of carbonyl (C=O) groups is 1. The smallest absolute Gasteiger partial charge is 0.309 e. The van der Waals surface area contributed by atoms with Crippen molar-refractivity contribution in [3.05, 3.63) is 35.4 Å². The summed E-state index contributed by atoms with van der Waals surface area (Å²) in [5.41, 5.74) is 1.08. The van der Waals surface area contributed by atoms with Gasteiger partial charge in [-0.05, 0) is 50.2 Å². The zero-order valence-electron chi connectivity index (χ0n) is 12.7. The molecule has 0 fully saturated rings. The molecule has 1 unspecified atom stereocenters. The van der Waals surface area contributed by atoms with Crippen molar-refractivity contribution in [2.45, 2.75) is 38.4 Å². The lowest BCUT2D eigenvalue weighted by Crippen LogP contribution is -2.31. The van der Waals surface area contributed by atoms with Crippen LogP contribution in [-0.4, -0.2) is 25.7 Å². The van der Waals surface area contributed by atoms with Crippen molar-refractivity contribution in [2.75, 3.05) is 6.26 Å². The van der Waals surface area contributed by atoms with E-state index in [1.807, 2.05) is 24.3 Å². The summed E-state index contributed by atoms with van der Waals surface area (Å²) in [5.74, 6) is -0.761. The number of hydrogen-bond acceptors (Lipinski definition) is 3. The molecule has 2 rings (SSSR count). The van der Waals surface area contributed by atoms with Crippen LogP contribution in [0.2, 0.25) is 0 Å². The fraction of sp³-hybridized carbons (Fsp3) is 0.562. The van der Waals surface area contributed by atoms with Crippen molar-refractivity contribution in [3.63, 3.8) is 0 Å². The molecule has 5 heteroatoms. The minimum absolute atomic E-state index is 0.0747. The first-order chi connectivity index (χ1) is 9.61. The molecule has 0 bridgehead atoms. The molecule has 4 nitrogen and oxygen atoms in total. The van der Waals surface area contributed by atoms with Crippen LogP contribution in [0.4, 0.5) is 0 Å². The Labute approximate surface area is 126 Å². The van der Waals surface area contributed by atoms with Crippen LogP contribution in [0.1, 0.15) is 43.1 Å². The van der Waals surface area contributed by atoms with Crippen molar-refractivity contribution in [1.82, 2.24) is 0 Å². The van der Waals surface area contributed by atoms with E-state index in [4.69, 9.17) is 0 Å². The van der Waals surface area contributed by atoms with Gasteiger partial charge in [0.1, 0.15) is 0 Å². The quantitative estimate of drug-likeness (QED) is 0.928. The predicted octanol–water partition coefficient (Wildman–Crippen LogP) is 2.84. The summed E-state index contributed by atoms with van der Waals surface area (Å²) in [6, 6.07) is 7.59. The average Bonchev–Trinajstić information content (AvgIpc) is 2.36. The van der Waals surface area contributed by atoms with Crippen molar-refractivity contribution in [2.24, 2.45) is 11.3 Å². The predicted molar refractivity (Wildman–Crippen MR) is 81.9 cm³/mol. The van der Waals surface area contributed by atoms with Gasteiger partial charge in [-0.1, -0.05) is 24.3 Å². The van der Waals surface area contributed by atoms with Gasteiger partial charge in [0.25, 0.3) is 0 Å². The number of carboxylic acid groups (broad SMARTS) is 1. The second-order valence-corrected chi connectivity index (χ2v) is 8.94. The Morgan fingerprint density at radius 1 is 1.33 bits per heavy atom. The molecule has 2 atom stereocenters. The molecule has 1 aliphatic carbocycles. The summed E-state index contributed by atoms with van der Waals surface area (Å²) in [5, 5.41) is 8.76. The van der Waals surface area contributed by atoms with E-state index in [-0.39, 0.29) is 5.92 Å². The molecule has 1 aromatic rings. The second kappa shape index (κ2) is 5.44. The van der Waals surface area contributed by atoms with Crippen LogP contribution < -0.4 is 0 Å². The topological polar surface area (TPSA) is 71.4 Å². The SMILES string of the molecule is CC(C)(C[C@@H]1Cc2ccccc2C(S(C)(=O)=O)C1)C(=O)O. The van der Waals surface area contributed by atoms with Gasteiger partial charge in [-0.15, -0.1) is 0 Å². The van der Waals surface area contributed by atoms with Crippen LogP contribution in [0.5, 0.6) is 0 Å². The van der Waals surface area contributed by atoms with Gasteiger partial charge in [-0.25, -0.2) is 8.42 Å². The van der Waals surface area contributed by atoms with Gasteiger partial charge in [0.15, 0.2) is 9.84 Å². The highest BCUT2D eigenvalue weighted by atomic mass is 32.2. The molecule has 0 radical (unpaired) electrons. The highest BCUT2D eigenvalue weighted by Gasteiger charge is 2.37. The lowest BCUT2D eigenvalue weighted by molar-refractivity contribution is -0.148. The summed E-state index contributed by atoms with van der Waals surface area (Å²) >= 11 is 0. The van der Waals surface area contributed by atoms with E-state index in [1.165, 1.54) is 6.26 Å². The Kier molecular flexibility index (Phi) is 4.15. The molecule has 0 aromatic heterocycles. The number of carboxylic acids is 1. The molecule has 1 aromatic carbocycles. The number of fused-ring (bicyclic) bond motifs is 1. The average molecular weight is 310 g/mol. The lowest BCUT2D eigenvalue weighted by atomic mass is 9.74. The number of aliphatic carboxylic acids is 1. The molecule has 0 heterocycles. The highest BCUT2D eigenvalue weighted by molar-refractivity contribution is 7.90. The highest BCUT2D eigenvalue weighted by Crippen LogP contribution is 2.42. The summed E-state index contributed by atoms with van der Waals surface area (Å²) in [6.07, 6.45) is 3.01. The molecule has 0 saturated heterocycles. The van der Waals surface area contributed by atoms with Gasteiger partial charge in [-0.2, -0.15) is 0 Å². The van der Waals surface area contributed by atoms with E-state index in [0.717, 1.165) is 17.5 Å². The van der Waals surface area contributed by atoms with Crippen molar-refractivity contribution in [1.29, 1.82) is 0 Å². The molecule has 0 spiro atoms. The molecule has 0 saturated carbocycles. The third-order valence-electron chi connectivity index (χ3n) is 4.35. The molecule has 0 amide bonds. The fourth-order valence-electron chi connectivity index (χ4n) is 3.23. The van der Waals surface area contributed by atoms with Crippen LogP contribution in [0.3, 0.4) is 0 Å². The maximum Gasteiger partial charge on any atom is 0.309 e. The summed E-state index contributed by atoms with van der Waals surface area (Å²) in [4.78, 5) is 11.3. The summed E-state index contributed by atoms with van der Waals surface area (Å²) in [7, 11) is -3.20. The Bertz CT molecular complexity index is 646. The number of rotatable bonds is 4. The monoisotopic (exact) mass is 310 g/mol. The van der Waals surface area contributed by atoms with E-state index in [9.17, 15) is 18.3 Å². The first-order valence-electron chi connectivity index (χ1n) is 7.11. The molecule has 1 N–H and O–H groups in total. The van der Waals surface area contributed by atoms with Crippen LogP contribution in [-0.2, 0) is 21.1 Å². The zero-order valence-corrected chi connectivity index (χ0v) is 13.5. The van der Waals surface area contributed by atoms with E-state index in [0.29, 0.717) is 12.8 Å². The van der Waals surface area contributed by atoms with E-state index in [2.05, 4.69) is 0 Å². The Balaban J connectivity index is 2.33. The van der Waals surface area contributed by atoms with Crippen molar-refractivity contribution < 1.29 is 18.3 Å². The molecular weight excluding hydrogens is 288 g/mol. The van der Waals surface area contributed by atoms with Gasteiger partial charge >= 0.3 is 5.97 Å². The van der Waals surface area contributed by atoms with Gasteiger partial charge in [0.05, 0.1) is 10.7 Å². The van der Waals surface area contributed by atoms with Crippen molar-refractivity contribution in [3.8, 4) is 0 Å². The second-order valence-electron chi connectivity index (χ2n) is 6.72. The van der Waals surface area contributed by atoms with E-state index >= 15 is 0 Å². The lowest BCUT2D eigenvalue weighted by Gasteiger charge is -2.34. The molecule has 0 aliphatic heterocycles. The van der Waals surface area contributed by atoms with Gasteiger partial charge in [0.2, 0.25) is 0 Å².